The summed E-state index contributed by atoms with van der Waals surface area (Å²) < 4.78 is 6.09. The normalized spacial score (nSPS) is 9.91. The molecule has 506 valence electrons. The maximum atomic E-state index is 6.09. The minimum absolute atomic E-state index is 0.0401. The van der Waals surface area contributed by atoms with Crippen molar-refractivity contribution in [1.82, 2.24) is 0 Å². The van der Waals surface area contributed by atoms with Crippen LogP contribution in [0.15, 0.2) is 412 Å². The highest BCUT2D eigenvalue weighted by atomic mass is 28.4. The molecule has 0 atom stereocenters. The fraction of sp³-hybridized carbons (Fsp3) is 0.0575. The number of rotatable bonds is 35. The number of benzene rings is 3. The molecule has 1 nitrogen and oxygen atoms in total. The van der Waals surface area contributed by atoms with Crippen LogP contribution in [0.5, 0.6) is 0 Å². The highest BCUT2D eigenvalue weighted by molar-refractivity contribution is 7.09. The van der Waals surface area contributed by atoms with Gasteiger partial charge in [-0.2, -0.15) is 0 Å². The summed E-state index contributed by atoms with van der Waals surface area (Å²) in [6, 6.07) is 35.9. The van der Waals surface area contributed by atoms with Gasteiger partial charge in [0.05, 0.1) is 17.6 Å². The van der Waals surface area contributed by atoms with Crippen molar-refractivity contribution < 1.29 is 4.12 Å². The van der Waals surface area contributed by atoms with Gasteiger partial charge >= 0.3 is 8.07 Å². The third-order valence-electron chi connectivity index (χ3n) is 15.1. The molecule has 0 N–H and O–H groups in total. The van der Waals surface area contributed by atoms with Gasteiger partial charge in [-0.25, -0.2) is 0 Å². The topological polar surface area (TPSA) is 9.23 Å². The predicted molar refractivity (Wildman–Crippen MR) is 483 cm³/mol. The van der Waals surface area contributed by atoms with E-state index in [0.29, 0.717) is 0 Å². The Labute approximate surface area is 611 Å². The molecule has 0 spiro atoms. The second-order valence-electron chi connectivity index (χ2n) is 20.9. The number of allylic oxidation sites excluding steroid dienone is 4. The quantitative estimate of drug-likeness (QED) is 0.0324. The van der Waals surface area contributed by atoms with Crippen LogP contribution in [0.2, 0.25) is 30.7 Å². The number of terminal acetylenes is 6. The zero-order valence-corrected chi connectivity index (χ0v) is 69.9. The average molecular weight is 1450 g/mol. The van der Waals surface area contributed by atoms with Crippen LogP contribution in [0.1, 0.15) is 0 Å². The van der Waals surface area contributed by atoms with E-state index in [1.165, 1.54) is 15.6 Å². The Morgan fingerprint density at radius 2 is 0.592 bits per heavy atom. The van der Waals surface area contributed by atoms with Crippen LogP contribution >= 0.6 is 0 Å². The molecule has 3 aromatic carbocycles. The van der Waals surface area contributed by atoms with Crippen LogP contribution < -0.4 is 15.6 Å². The van der Waals surface area contributed by atoms with Crippen LogP contribution in [-0.2, 0) is 4.12 Å². The lowest BCUT2D eigenvalue weighted by molar-refractivity contribution is 0.594. The third kappa shape index (κ3) is 34.9. The van der Waals surface area contributed by atoms with Crippen molar-refractivity contribution in [2.24, 2.45) is 0 Å². The molecule has 3 rings (SSSR count). The van der Waals surface area contributed by atoms with E-state index in [1.54, 1.807) is 45.6 Å². The van der Waals surface area contributed by atoms with Crippen LogP contribution in [0, 0.1) is 71.8 Å². The molecule has 98 heavy (non-hydrogen) atoms. The summed E-state index contributed by atoms with van der Waals surface area (Å²) in [6.45, 7) is 99.8. The Morgan fingerprint density at radius 3 is 0.714 bits per heavy atom. The Bertz CT molecular complexity index is 3110. The maximum Gasteiger partial charge on any atom is 0.368 e. The summed E-state index contributed by atoms with van der Waals surface area (Å²) in [5.74, 6) is 0. The highest BCUT2D eigenvalue weighted by Crippen LogP contribution is 2.27. The second kappa shape index (κ2) is 57.6. The standard InChI is InChI=1S/C16H16Si.C12H18OSi2.C12H14Si.C12H20Si.C8H12Si.C8H8Si.C8H4Si.C7H12Si.C4H8Si/c1-3-17(4-2,15-11-7-5-8-12-15)16-13-9-6-10-14-16;1-7-14(8-2,9-3)13-15(10-4,11-5)12-6;1-4-13(5-2,6-3)12-10-8-7-9-11-12;1-5-9-13(10-6-2,11-7-3)12-8-4;3*1-5-9(6-2,7-3)8-4;1-5-8(4,6-2)7-3;1-3-5-4-2/h3-14H,1-2H2;7-12H,1-6H2;4-11H,1-3H2;5-8H,1-4,9-12H2;5-8H,1-4H2;1-2,7-8H,3-4H2;1-4H;5-7H,1-3H2,4H3;3-4H,1-2,5H2. The smallest absolute Gasteiger partial charge is 0.368 e. The second-order valence-corrected chi connectivity index (χ2v) is 54.6. The first kappa shape index (κ1) is 99.4. The van der Waals surface area contributed by atoms with Crippen LogP contribution in [0.4, 0.5) is 0 Å². The molecule has 0 amide bonds. The number of hydrogen-bond donors (Lipinski definition) is 0. The van der Waals surface area contributed by atoms with Gasteiger partial charge in [0.2, 0.25) is 0 Å². The molecule has 3 aromatic rings. The van der Waals surface area contributed by atoms with E-state index < -0.39 is 73.2 Å². The first-order valence-electron chi connectivity index (χ1n) is 30.9. The van der Waals surface area contributed by atoms with Crippen molar-refractivity contribution in [2.75, 3.05) is 0 Å². The minimum Gasteiger partial charge on any atom is -0.437 e. The summed E-state index contributed by atoms with van der Waals surface area (Å²) in [5.41, 5.74) is 55.7. The Kier molecular flexibility index (Phi) is 58.5. The first-order chi connectivity index (χ1) is 46.8. The van der Waals surface area contributed by atoms with E-state index in [2.05, 4.69) is 283 Å². The summed E-state index contributed by atoms with van der Waals surface area (Å²) >= 11 is 0. The molecule has 0 heterocycles. The summed E-state index contributed by atoms with van der Waals surface area (Å²) in [4.78, 5) is 0. The molecule has 0 bridgehead atoms. The molecule has 0 radical (unpaired) electrons. The minimum atomic E-state index is -2.58. The van der Waals surface area contributed by atoms with Gasteiger partial charge in [0.25, 0.3) is 24.7 Å². The molecule has 0 unspecified atom stereocenters. The van der Waals surface area contributed by atoms with Gasteiger partial charge in [-0.3, -0.25) is 0 Å². The Hall–Kier alpha value is -9.61. The third-order valence-corrected chi connectivity index (χ3v) is 43.7. The maximum absolute atomic E-state index is 6.09. The van der Waals surface area contributed by atoms with Gasteiger partial charge in [-0.1, -0.05) is 258 Å². The number of hydrogen-bond acceptors (Lipinski definition) is 1. The molecule has 0 aliphatic heterocycles. The van der Waals surface area contributed by atoms with Crippen molar-refractivity contribution >= 4 is 98.2 Å². The molecule has 0 aliphatic carbocycles. The van der Waals surface area contributed by atoms with Crippen LogP contribution in [0.3, 0.4) is 0 Å². The van der Waals surface area contributed by atoms with Gasteiger partial charge in [-0.15, -0.1) is 232 Å². The van der Waals surface area contributed by atoms with Crippen molar-refractivity contribution in [3.05, 3.63) is 412 Å². The summed E-state index contributed by atoms with van der Waals surface area (Å²) in [7, 11) is -17.3. The van der Waals surface area contributed by atoms with Gasteiger partial charge < -0.3 is 4.12 Å². The fourth-order valence-electron chi connectivity index (χ4n) is 7.74. The monoisotopic (exact) mass is 1450 g/mol. The van der Waals surface area contributed by atoms with E-state index in [1.807, 2.05) is 123 Å². The SMILES string of the molecule is C#C[Si](C#C)(C#C)C#C.C#C[Si](C#C)(C=C)C=C.C=CC[Si](CC=C)(CC=C)CC=C.C=C[SiH2]C=C.C=C[Si](C)(C=C)C=C.C=C[Si](C=C)(C=C)C=C.C=C[Si](C=C)(C=C)O[Si](C=C)(C=C)C=C.C=C[Si](C=C)(C=C)c1ccccc1.C=C[Si](C=C)(c1ccccc1)c1ccccc1. The molecule has 0 fully saturated rings. The molecule has 0 aromatic heterocycles. The van der Waals surface area contributed by atoms with E-state index in [0.717, 1.165) is 24.2 Å². The van der Waals surface area contributed by atoms with Crippen LogP contribution in [-0.4, -0.2) is 82.7 Å². The van der Waals surface area contributed by atoms with Gasteiger partial charge in [0.1, 0.15) is 16.1 Å². The molecule has 0 aliphatic rings. The molecule has 11 heteroatoms. The van der Waals surface area contributed by atoms with Crippen molar-refractivity contribution in [2.45, 2.75) is 30.7 Å². The van der Waals surface area contributed by atoms with E-state index in [-0.39, 0.29) is 9.52 Å². The van der Waals surface area contributed by atoms with Crippen molar-refractivity contribution in [3.8, 4) is 71.8 Å². The lowest BCUT2D eigenvalue weighted by atomic mass is 10.4. The molecule has 0 saturated heterocycles. The fourth-order valence-corrected chi connectivity index (χ4v) is 24.5. The van der Waals surface area contributed by atoms with E-state index >= 15 is 0 Å². The summed E-state index contributed by atoms with van der Waals surface area (Å²) in [5, 5.41) is 3.95. The zero-order chi connectivity index (χ0) is 76.7. The van der Waals surface area contributed by atoms with Gasteiger partial charge in [0, 0.05) is 0 Å². The highest BCUT2D eigenvalue weighted by Gasteiger charge is 2.35. The molecule has 0 saturated carbocycles. The Morgan fingerprint density at radius 1 is 0.327 bits per heavy atom. The lowest BCUT2D eigenvalue weighted by Crippen LogP contribution is -2.55. The van der Waals surface area contributed by atoms with Crippen molar-refractivity contribution in [1.29, 1.82) is 0 Å². The van der Waals surface area contributed by atoms with Gasteiger partial charge in [-0.05, 0) is 39.7 Å². The summed E-state index contributed by atoms with van der Waals surface area (Å²) in [6.07, 6.45) is 38.5. The largest absolute Gasteiger partial charge is 0.437 e. The van der Waals surface area contributed by atoms with E-state index in [4.69, 9.17) is 42.7 Å². The van der Waals surface area contributed by atoms with Crippen molar-refractivity contribution in [3.63, 3.8) is 0 Å². The van der Waals surface area contributed by atoms with Gasteiger partial charge in [0.15, 0.2) is 16.1 Å². The first-order valence-corrected chi connectivity index (χ1v) is 53.2. The zero-order valence-electron chi connectivity index (χ0n) is 59.5. The molecular weight excluding hydrogens is 1340 g/mol. The average Bonchev–Trinajstić information content (AvgIpc) is 0.798. The predicted octanol–water partition coefficient (Wildman–Crippen LogP) is 19.0. The van der Waals surface area contributed by atoms with E-state index in [9.17, 15) is 0 Å². The lowest BCUT2D eigenvalue weighted by Gasteiger charge is -2.31. The molecular formula is C87H112OSi10. The Balaban J connectivity index is -0.000000247. The van der Waals surface area contributed by atoms with Crippen LogP contribution in [0.25, 0.3) is 0 Å².